The summed E-state index contributed by atoms with van der Waals surface area (Å²) in [6, 6.07) is 2.07. The second kappa shape index (κ2) is 3.67. The van der Waals surface area contributed by atoms with Gasteiger partial charge in [0.1, 0.15) is 10.7 Å². The Labute approximate surface area is 106 Å². The number of rotatable bonds is 1. The molecular weight excluding hydrogens is 230 g/mol. The highest BCUT2D eigenvalue weighted by atomic mass is 32.1. The van der Waals surface area contributed by atoms with Crippen molar-refractivity contribution in [2.24, 2.45) is 0 Å². The van der Waals surface area contributed by atoms with Gasteiger partial charge in [-0.1, -0.05) is 0 Å². The van der Waals surface area contributed by atoms with Gasteiger partial charge in [-0.2, -0.15) is 5.10 Å². The summed E-state index contributed by atoms with van der Waals surface area (Å²) in [6.45, 7) is 6.48. The monoisotopic (exact) mass is 247 g/mol. The lowest BCUT2D eigenvalue weighted by Crippen LogP contribution is -2.22. The van der Waals surface area contributed by atoms with Gasteiger partial charge in [-0.25, -0.2) is 4.98 Å². The molecule has 90 valence electrons. The first-order valence-corrected chi connectivity index (χ1v) is 6.91. The zero-order valence-electron chi connectivity index (χ0n) is 10.5. The number of hydrogen-bond donors (Lipinski definition) is 0. The molecule has 0 saturated heterocycles. The molecule has 2 aromatic rings. The quantitative estimate of drug-likeness (QED) is 0.774. The predicted octanol–water partition coefficient (Wildman–Crippen LogP) is 3.25. The van der Waals surface area contributed by atoms with Crippen molar-refractivity contribution in [2.45, 2.75) is 45.6 Å². The second-order valence-electron chi connectivity index (χ2n) is 5.56. The molecule has 0 fully saturated rings. The molecule has 0 saturated carbocycles. The van der Waals surface area contributed by atoms with Gasteiger partial charge in [0, 0.05) is 11.1 Å². The summed E-state index contributed by atoms with van der Waals surface area (Å²) in [6.07, 6.45) is 5.66. The lowest BCUT2D eigenvalue weighted by Gasteiger charge is -2.18. The van der Waals surface area contributed by atoms with Gasteiger partial charge in [-0.3, -0.25) is 4.68 Å². The highest BCUT2D eigenvalue weighted by molar-refractivity contribution is 7.15. The van der Waals surface area contributed by atoms with E-state index in [-0.39, 0.29) is 5.54 Å². The van der Waals surface area contributed by atoms with E-state index in [2.05, 4.69) is 31.9 Å². The van der Waals surface area contributed by atoms with E-state index in [0.29, 0.717) is 0 Å². The molecular formula is C13H17N3S. The van der Waals surface area contributed by atoms with Crippen LogP contribution in [-0.4, -0.2) is 14.8 Å². The van der Waals surface area contributed by atoms with Crippen LogP contribution in [0.5, 0.6) is 0 Å². The summed E-state index contributed by atoms with van der Waals surface area (Å²) in [5.41, 5.74) is 2.35. The Morgan fingerprint density at radius 1 is 1.29 bits per heavy atom. The van der Waals surface area contributed by atoms with E-state index in [9.17, 15) is 0 Å². The topological polar surface area (TPSA) is 30.7 Å². The zero-order valence-corrected chi connectivity index (χ0v) is 11.3. The van der Waals surface area contributed by atoms with Gasteiger partial charge in [0.15, 0.2) is 0 Å². The molecule has 4 heteroatoms. The van der Waals surface area contributed by atoms with Crippen LogP contribution in [-0.2, 0) is 18.4 Å². The molecule has 0 aliphatic heterocycles. The minimum absolute atomic E-state index is 0.0399. The van der Waals surface area contributed by atoms with Crippen LogP contribution < -0.4 is 0 Å². The van der Waals surface area contributed by atoms with Crippen LogP contribution in [0.2, 0.25) is 0 Å². The SMILES string of the molecule is CC(C)(C)n1ccc(-c2nc3c(s2)CCC3)n1. The molecule has 0 unspecified atom stereocenters. The van der Waals surface area contributed by atoms with Crippen LogP contribution in [0.1, 0.15) is 37.8 Å². The first-order valence-electron chi connectivity index (χ1n) is 6.09. The van der Waals surface area contributed by atoms with E-state index in [1.807, 2.05) is 22.2 Å². The first kappa shape index (κ1) is 11.0. The third-order valence-corrected chi connectivity index (χ3v) is 4.27. The Hall–Kier alpha value is -1.16. The van der Waals surface area contributed by atoms with Gasteiger partial charge in [-0.05, 0) is 46.1 Å². The first-order chi connectivity index (χ1) is 8.04. The molecule has 2 aromatic heterocycles. The standard InChI is InChI=1S/C13H17N3S/c1-13(2,3)16-8-7-10(15-16)12-14-9-5-4-6-11(9)17-12/h7-8H,4-6H2,1-3H3. The molecule has 2 heterocycles. The normalized spacial score (nSPS) is 15.2. The predicted molar refractivity (Wildman–Crippen MR) is 70.4 cm³/mol. The number of thiazole rings is 1. The van der Waals surface area contributed by atoms with Crippen molar-refractivity contribution in [3.8, 4) is 10.7 Å². The van der Waals surface area contributed by atoms with Crippen LogP contribution in [0, 0.1) is 0 Å². The Kier molecular flexibility index (Phi) is 2.36. The van der Waals surface area contributed by atoms with Gasteiger partial charge < -0.3 is 0 Å². The second-order valence-corrected chi connectivity index (χ2v) is 6.64. The van der Waals surface area contributed by atoms with Crippen molar-refractivity contribution in [2.75, 3.05) is 0 Å². The van der Waals surface area contributed by atoms with Crippen LogP contribution in [0.3, 0.4) is 0 Å². The van der Waals surface area contributed by atoms with Crippen LogP contribution in [0.15, 0.2) is 12.3 Å². The molecule has 1 aliphatic carbocycles. The molecule has 1 aliphatic rings. The third-order valence-electron chi connectivity index (χ3n) is 3.09. The fourth-order valence-corrected chi connectivity index (χ4v) is 3.23. The van der Waals surface area contributed by atoms with E-state index in [0.717, 1.165) is 17.1 Å². The summed E-state index contributed by atoms with van der Waals surface area (Å²) in [7, 11) is 0. The van der Waals surface area contributed by atoms with Crippen molar-refractivity contribution < 1.29 is 0 Å². The van der Waals surface area contributed by atoms with Crippen LogP contribution >= 0.6 is 11.3 Å². The minimum atomic E-state index is 0.0399. The molecule has 0 amide bonds. The van der Waals surface area contributed by atoms with Gasteiger partial charge >= 0.3 is 0 Å². The number of aromatic nitrogens is 3. The average Bonchev–Trinajstić information content (AvgIpc) is 2.90. The van der Waals surface area contributed by atoms with Gasteiger partial charge in [-0.15, -0.1) is 11.3 Å². The Morgan fingerprint density at radius 3 is 2.76 bits per heavy atom. The fraction of sp³-hybridized carbons (Fsp3) is 0.538. The van der Waals surface area contributed by atoms with E-state index < -0.39 is 0 Å². The highest BCUT2D eigenvalue weighted by Crippen LogP contribution is 2.32. The van der Waals surface area contributed by atoms with E-state index >= 15 is 0 Å². The summed E-state index contributed by atoms with van der Waals surface area (Å²) in [5, 5.41) is 5.71. The van der Waals surface area contributed by atoms with Gasteiger partial charge in [0.2, 0.25) is 0 Å². The third kappa shape index (κ3) is 1.90. The summed E-state index contributed by atoms with van der Waals surface area (Å²) in [4.78, 5) is 6.16. The fourth-order valence-electron chi connectivity index (χ4n) is 2.11. The molecule has 0 atom stereocenters. The van der Waals surface area contributed by atoms with E-state index in [1.54, 1.807) is 0 Å². The molecule has 3 nitrogen and oxygen atoms in total. The smallest absolute Gasteiger partial charge is 0.144 e. The summed E-state index contributed by atoms with van der Waals surface area (Å²) < 4.78 is 2.01. The Balaban J connectivity index is 1.96. The minimum Gasteiger partial charge on any atom is -0.267 e. The molecule has 0 spiro atoms. The van der Waals surface area contributed by atoms with Gasteiger partial charge in [0.05, 0.1) is 11.2 Å². The maximum absolute atomic E-state index is 4.70. The molecule has 0 aromatic carbocycles. The highest BCUT2D eigenvalue weighted by Gasteiger charge is 2.20. The summed E-state index contributed by atoms with van der Waals surface area (Å²) >= 11 is 1.81. The lowest BCUT2D eigenvalue weighted by molar-refractivity contribution is 0.356. The van der Waals surface area contributed by atoms with Crippen molar-refractivity contribution >= 4 is 11.3 Å². The van der Waals surface area contributed by atoms with Gasteiger partial charge in [0.25, 0.3) is 0 Å². The number of fused-ring (bicyclic) bond motifs is 1. The Bertz CT molecular complexity index is 524. The number of hydrogen-bond acceptors (Lipinski definition) is 3. The van der Waals surface area contributed by atoms with Crippen LogP contribution in [0.4, 0.5) is 0 Å². The maximum atomic E-state index is 4.70. The molecule has 0 N–H and O–H groups in total. The maximum Gasteiger partial charge on any atom is 0.144 e. The number of aryl methyl sites for hydroxylation is 2. The molecule has 0 radical (unpaired) electrons. The molecule has 17 heavy (non-hydrogen) atoms. The zero-order chi connectivity index (χ0) is 12.0. The van der Waals surface area contributed by atoms with Crippen molar-refractivity contribution in [3.63, 3.8) is 0 Å². The number of nitrogens with zero attached hydrogens (tertiary/aromatic N) is 3. The summed E-state index contributed by atoms with van der Waals surface area (Å²) in [5.74, 6) is 0. The van der Waals surface area contributed by atoms with Crippen LogP contribution in [0.25, 0.3) is 10.7 Å². The van der Waals surface area contributed by atoms with E-state index in [4.69, 9.17) is 4.98 Å². The van der Waals surface area contributed by atoms with Crippen molar-refractivity contribution in [3.05, 3.63) is 22.8 Å². The van der Waals surface area contributed by atoms with E-state index in [1.165, 1.54) is 23.4 Å². The average molecular weight is 247 g/mol. The largest absolute Gasteiger partial charge is 0.267 e. The van der Waals surface area contributed by atoms with Crippen molar-refractivity contribution in [1.82, 2.24) is 14.8 Å². The Morgan fingerprint density at radius 2 is 2.12 bits per heavy atom. The lowest BCUT2D eigenvalue weighted by atomic mass is 10.1. The molecule has 3 rings (SSSR count). The molecule has 0 bridgehead atoms. The van der Waals surface area contributed by atoms with Crippen molar-refractivity contribution in [1.29, 1.82) is 0 Å².